The number of rotatable bonds is 6. The van der Waals surface area contributed by atoms with Gasteiger partial charge in [0.2, 0.25) is 5.91 Å². The third-order valence-electron chi connectivity index (χ3n) is 8.94. The van der Waals surface area contributed by atoms with Crippen LogP contribution in [0.1, 0.15) is 59.4 Å². The number of fused-ring (bicyclic) bond motifs is 2. The van der Waals surface area contributed by atoms with Gasteiger partial charge in [0.15, 0.2) is 0 Å². The molecule has 2 atom stereocenters. The average Bonchev–Trinajstić information content (AvgIpc) is 3.44. The van der Waals surface area contributed by atoms with Crippen LogP contribution in [0.15, 0.2) is 72.9 Å². The number of aromatic amines is 1. The molecule has 0 radical (unpaired) electrons. The largest absolute Gasteiger partial charge is 0.361 e. The number of nitrogens with one attached hydrogen (secondary N) is 4. The van der Waals surface area contributed by atoms with Crippen LogP contribution < -0.4 is 16.0 Å². The van der Waals surface area contributed by atoms with E-state index in [0.29, 0.717) is 19.0 Å². The topological polar surface area (TPSA) is 89.3 Å². The number of likely N-dealkylation sites (tertiary alicyclic amines) is 1. The predicted molar refractivity (Wildman–Crippen MR) is 164 cm³/mol. The van der Waals surface area contributed by atoms with Gasteiger partial charge in [-0.3, -0.25) is 4.79 Å². The van der Waals surface area contributed by atoms with Gasteiger partial charge in [0, 0.05) is 48.3 Å². The molecule has 3 amide bonds. The number of urea groups is 1. The Morgan fingerprint density at radius 1 is 0.976 bits per heavy atom. The molecule has 4 aromatic rings. The van der Waals surface area contributed by atoms with Gasteiger partial charge < -0.3 is 25.8 Å². The first-order chi connectivity index (χ1) is 20.0. The van der Waals surface area contributed by atoms with E-state index in [1.165, 1.54) is 22.3 Å². The highest BCUT2D eigenvalue weighted by Gasteiger charge is 2.33. The molecule has 6 rings (SSSR count). The Bertz CT molecular complexity index is 1550. The number of piperidine rings is 1. The van der Waals surface area contributed by atoms with Crippen molar-refractivity contribution >= 4 is 28.5 Å². The summed E-state index contributed by atoms with van der Waals surface area (Å²) in [6.07, 6.45) is 4.77. The molecule has 212 valence electrons. The maximum Gasteiger partial charge on any atom is 0.318 e. The first-order valence-corrected chi connectivity index (χ1v) is 14.8. The first kappa shape index (κ1) is 27.1. The van der Waals surface area contributed by atoms with E-state index in [-0.39, 0.29) is 17.9 Å². The van der Waals surface area contributed by atoms with E-state index in [2.05, 4.69) is 64.3 Å². The van der Waals surface area contributed by atoms with Crippen LogP contribution in [0.2, 0.25) is 0 Å². The number of hydrogen-bond donors (Lipinski definition) is 4. The summed E-state index contributed by atoms with van der Waals surface area (Å²) in [5, 5.41) is 10.7. The number of para-hydroxylation sites is 1. The molecule has 2 aliphatic heterocycles. The highest BCUT2D eigenvalue weighted by Crippen LogP contribution is 2.31. The number of amides is 3. The van der Waals surface area contributed by atoms with Crippen molar-refractivity contribution in [2.75, 3.05) is 25.0 Å². The summed E-state index contributed by atoms with van der Waals surface area (Å²) in [5.74, 6) is -0.0171. The molecule has 3 heterocycles. The number of nitrogens with zero attached hydrogens (tertiary/aromatic N) is 1. The number of anilines is 1. The molecule has 1 saturated heterocycles. The van der Waals surface area contributed by atoms with Crippen molar-refractivity contribution in [3.8, 4) is 0 Å². The van der Waals surface area contributed by atoms with E-state index in [0.717, 1.165) is 54.5 Å². The van der Waals surface area contributed by atoms with E-state index < -0.39 is 6.04 Å². The summed E-state index contributed by atoms with van der Waals surface area (Å²) in [6, 6.07) is 21.8. The van der Waals surface area contributed by atoms with Crippen LogP contribution in [-0.2, 0) is 17.8 Å². The Morgan fingerprint density at radius 3 is 2.59 bits per heavy atom. The van der Waals surface area contributed by atoms with Crippen molar-refractivity contribution in [1.29, 1.82) is 0 Å². The number of aryl methyl sites for hydroxylation is 1. The summed E-state index contributed by atoms with van der Waals surface area (Å²) >= 11 is 0. The Morgan fingerprint density at radius 2 is 1.76 bits per heavy atom. The highest BCUT2D eigenvalue weighted by molar-refractivity contribution is 5.98. The lowest BCUT2D eigenvalue weighted by Crippen LogP contribution is -2.53. The van der Waals surface area contributed by atoms with Crippen LogP contribution in [0.5, 0.6) is 0 Å². The van der Waals surface area contributed by atoms with Crippen molar-refractivity contribution in [2.45, 2.75) is 57.5 Å². The quantitative estimate of drug-likeness (QED) is 0.244. The second-order valence-electron chi connectivity index (χ2n) is 11.5. The van der Waals surface area contributed by atoms with Gasteiger partial charge in [0.05, 0.1) is 0 Å². The molecule has 0 unspecified atom stereocenters. The Hall–Kier alpha value is -4.10. The Kier molecular flexibility index (Phi) is 7.79. The smallest absolute Gasteiger partial charge is 0.318 e. The van der Waals surface area contributed by atoms with Crippen LogP contribution in [0.4, 0.5) is 10.5 Å². The molecule has 2 aliphatic rings. The van der Waals surface area contributed by atoms with Gasteiger partial charge in [-0.25, -0.2) is 4.79 Å². The Labute approximate surface area is 241 Å². The van der Waals surface area contributed by atoms with Crippen molar-refractivity contribution in [3.05, 3.63) is 101 Å². The standard InChI is InChI=1S/C34H39N5O2/c1-22-7-3-4-8-28(22)25-14-17-39(18-15-25)34(41)38-32(23(2)30-21-36-31-10-6-5-9-29(30)31)33(40)37-27-12-11-24-13-16-35-20-26(24)19-27/h3-12,19,21,23,25,32,35-36H,13-18,20H2,1-2H3,(H,37,40)(H,38,41)/t23-,32-/m1/s1. The lowest BCUT2D eigenvalue weighted by atomic mass is 9.87. The van der Waals surface area contributed by atoms with Gasteiger partial charge in [-0.15, -0.1) is 0 Å². The van der Waals surface area contributed by atoms with E-state index in [1.54, 1.807) is 0 Å². The van der Waals surface area contributed by atoms with Crippen LogP contribution >= 0.6 is 0 Å². The monoisotopic (exact) mass is 549 g/mol. The molecule has 0 bridgehead atoms. The molecule has 1 aromatic heterocycles. The molecule has 4 N–H and O–H groups in total. The van der Waals surface area contributed by atoms with Crippen molar-refractivity contribution < 1.29 is 9.59 Å². The minimum absolute atomic E-state index is 0.185. The van der Waals surface area contributed by atoms with Crippen LogP contribution in [0, 0.1) is 6.92 Å². The van der Waals surface area contributed by atoms with Gasteiger partial charge >= 0.3 is 6.03 Å². The maximum atomic E-state index is 13.9. The fourth-order valence-electron chi connectivity index (χ4n) is 6.51. The molecule has 41 heavy (non-hydrogen) atoms. The summed E-state index contributed by atoms with van der Waals surface area (Å²) in [6.45, 7) is 7.27. The minimum atomic E-state index is -0.745. The van der Waals surface area contributed by atoms with Crippen LogP contribution in [-0.4, -0.2) is 47.5 Å². The third-order valence-corrected chi connectivity index (χ3v) is 8.94. The molecule has 7 heteroatoms. The fraction of sp³-hybridized carbons (Fsp3) is 0.353. The molecule has 0 spiro atoms. The first-order valence-electron chi connectivity index (χ1n) is 14.8. The lowest BCUT2D eigenvalue weighted by molar-refractivity contribution is -0.118. The predicted octanol–water partition coefficient (Wildman–Crippen LogP) is 5.82. The van der Waals surface area contributed by atoms with Gasteiger partial charge in [-0.2, -0.15) is 0 Å². The van der Waals surface area contributed by atoms with E-state index in [9.17, 15) is 9.59 Å². The van der Waals surface area contributed by atoms with E-state index >= 15 is 0 Å². The number of carbonyl (C=O) groups is 2. The number of aromatic nitrogens is 1. The Balaban J connectivity index is 1.20. The normalized spacial score (nSPS) is 17.1. The molecule has 3 aromatic carbocycles. The van der Waals surface area contributed by atoms with Crippen LogP contribution in [0.25, 0.3) is 10.9 Å². The number of H-pyrrole nitrogens is 1. The molecule has 1 fully saturated rings. The third kappa shape index (κ3) is 5.72. The SMILES string of the molecule is Cc1ccccc1C1CCN(C(=O)N[C@@H](C(=O)Nc2ccc3c(c2)CNCC3)[C@H](C)c2c[nH]c3ccccc23)CC1. The van der Waals surface area contributed by atoms with E-state index in [1.807, 2.05) is 48.4 Å². The summed E-state index contributed by atoms with van der Waals surface area (Å²) in [5.41, 5.74) is 7.97. The number of benzene rings is 3. The number of hydrogen-bond acceptors (Lipinski definition) is 3. The maximum absolute atomic E-state index is 13.9. The number of carbonyl (C=O) groups excluding carboxylic acids is 2. The van der Waals surface area contributed by atoms with Crippen molar-refractivity contribution in [2.24, 2.45) is 0 Å². The molecule has 7 nitrogen and oxygen atoms in total. The molecule has 0 saturated carbocycles. The van der Waals surface area contributed by atoms with Gasteiger partial charge in [0.25, 0.3) is 0 Å². The van der Waals surface area contributed by atoms with Gasteiger partial charge in [-0.1, -0.05) is 55.5 Å². The molecular weight excluding hydrogens is 510 g/mol. The van der Waals surface area contributed by atoms with Crippen LogP contribution in [0.3, 0.4) is 0 Å². The minimum Gasteiger partial charge on any atom is -0.361 e. The van der Waals surface area contributed by atoms with Crippen molar-refractivity contribution in [3.63, 3.8) is 0 Å². The zero-order valence-corrected chi connectivity index (χ0v) is 23.9. The lowest BCUT2D eigenvalue weighted by Gasteiger charge is -2.34. The van der Waals surface area contributed by atoms with Gasteiger partial charge in [0.1, 0.15) is 6.04 Å². The summed E-state index contributed by atoms with van der Waals surface area (Å²) in [7, 11) is 0. The second-order valence-corrected chi connectivity index (χ2v) is 11.5. The zero-order valence-electron chi connectivity index (χ0n) is 23.9. The molecule has 0 aliphatic carbocycles. The fourth-order valence-corrected chi connectivity index (χ4v) is 6.51. The zero-order chi connectivity index (χ0) is 28.3. The highest BCUT2D eigenvalue weighted by atomic mass is 16.2. The van der Waals surface area contributed by atoms with Gasteiger partial charge in [-0.05, 0) is 84.7 Å². The van der Waals surface area contributed by atoms with Crippen molar-refractivity contribution in [1.82, 2.24) is 20.5 Å². The second kappa shape index (κ2) is 11.8. The summed E-state index contributed by atoms with van der Waals surface area (Å²) in [4.78, 5) is 32.7. The molecular formula is C34H39N5O2. The average molecular weight is 550 g/mol. The summed E-state index contributed by atoms with van der Waals surface area (Å²) < 4.78 is 0. The van der Waals surface area contributed by atoms with E-state index in [4.69, 9.17) is 0 Å².